The summed E-state index contributed by atoms with van der Waals surface area (Å²) in [5, 5.41) is 2.62. The number of para-hydroxylation sites is 2. The predicted octanol–water partition coefficient (Wildman–Crippen LogP) is 0.976. The summed E-state index contributed by atoms with van der Waals surface area (Å²) < 4.78 is 0. The molecule has 0 fully saturated rings. The molecular formula is C9H14ClN3O. The van der Waals surface area contributed by atoms with Gasteiger partial charge >= 0.3 is 0 Å². The molecule has 1 aromatic rings. The molecule has 5 N–H and O–H groups in total. The van der Waals surface area contributed by atoms with Gasteiger partial charge in [-0.15, -0.1) is 12.4 Å². The fraction of sp³-hybridized carbons (Fsp3) is 0.222. The summed E-state index contributed by atoms with van der Waals surface area (Å²) in [6.45, 7) is 1.62. The molecule has 0 saturated heterocycles. The number of nitrogens with one attached hydrogen (secondary N) is 1. The van der Waals surface area contributed by atoms with E-state index in [2.05, 4.69) is 5.32 Å². The van der Waals surface area contributed by atoms with Gasteiger partial charge in [0.25, 0.3) is 0 Å². The predicted molar refractivity (Wildman–Crippen MR) is 60.4 cm³/mol. The van der Waals surface area contributed by atoms with Gasteiger partial charge in [-0.1, -0.05) is 12.1 Å². The zero-order valence-corrected chi connectivity index (χ0v) is 8.67. The van der Waals surface area contributed by atoms with Crippen LogP contribution >= 0.6 is 12.4 Å². The Kier molecular flexibility index (Phi) is 4.97. The Morgan fingerprint density at radius 3 is 2.50 bits per heavy atom. The maximum absolute atomic E-state index is 11.2. The number of amides is 1. The van der Waals surface area contributed by atoms with Gasteiger partial charge in [0.2, 0.25) is 5.91 Å². The Morgan fingerprint density at radius 1 is 1.43 bits per heavy atom. The van der Waals surface area contributed by atoms with Crippen molar-refractivity contribution in [2.45, 2.75) is 13.0 Å². The van der Waals surface area contributed by atoms with Crippen LogP contribution in [0.4, 0.5) is 11.4 Å². The zero-order chi connectivity index (χ0) is 9.84. The van der Waals surface area contributed by atoms with Crippen LogP contribution in [0, 0.1) is 0 Å². The molecule has 0 aliphatic carbocycles. The zero-order valence-electron chi connectivity index (χ0n) is 7.86. The fourth-order valence-electron chi connectivity index (χ4n) is 0.857. The topological polar surface area (TPSA) is 81.1 Å². The standard InChI is InChI=1S/C9H13N3O.ClH/c1-6(10)9(13)12-8-5-3-2-4-7(8)11;/h2-6H,10-11H2,1H3,(H,12,13);1H/t6-;/m1./s1. The summed E-state index contributed by atoms with van der Waals surface area (Å²) in [6.07, 6.45) is 0. The monoisotopic (exact) mass is 215 g/mol. The first-order valence-corrected chi connectivity index (χ1v) is 4.02. The van der Waals surface area contributed by atoms with Gasteiger partial charge < -0.3 is 16.8 Å². The molecular weight excluding hydrogens is 202 g/mol. The summed E-state index contributed by atoms with van der Waals surface area (Å²) in [7, 11) is 0. The smallest absolute Gasteiger partial charge is 0.241 e. The first-order chi connectivity index (χ1) is 6.11. The van der Waals surface area contributed by atoms with Gasteiger partial charge in [-0.2, -0.15) is 0 Å². The van der Waals surface area contributed by atoms with Crippen LogP contribution in [0.1, 0.15) is 6.92 Å². The highest BCUT2D eigenvalue weighted by Crippen LogP contribution is 2.16. The second kappa shape index (κ2) is 5.47. The Morgan fingerprint density at radius 2 is 2.00 bits per heavy atom. The number of nitrogen functional groups attached to an aromatic ring is 1. The third kappa shape index (κ3) is 3.24. The van der Waals surface area contributed by atoms with Gasteiger partial charge in [-0.25, -0.2) is 0 Å². The van der Waals surface area contributed by atoms with E-state index in [1.54, 1.807) is 31.2 Å². The molecule has 0 bridgehead atoms. The summed E-state index contributed by atoms with van der Waals surface area (Å²) in [5.41, 5.74) is 12.1. The van der Waals surface area contributed by atoms with Crippen LogP contribution in [0.3, 0.4) is 0 Å². The summed E-state index contributed by atoms with van der Waals surface area (Å²) in [6, 6.07) is 6.52. The van der Waals surface area contributed by atoms with E-state index in [0.29, 0.717) is 11.4 Å². The Hall–Kier alpha value is -1.26. The largest absolute Gasteiger partial charge is 0.397 e. The lowest BCUT2D eigenvalue weighted by Crippen LogP contribution is -2.32. The minimum absolute atomic E-state index is 0. The second-order valence-corrected chi connectivity index (χ2v) is 2.87. The first-order valence-electron chi connectivity index (χ1n) is 4.02. The van der Waals surface area contributed by atoms with Gasteiger partial charge in [0.05, 0.1) is 17.4 Å². The van der Waals surface area contributed by atoms with E-state index in [0.717, 1.165) is 0 Å². The number of anilines is 2. The molecule has 0 aliphatic heterocycles. The molecule has 0 spiro atoms. The van der Waals surface area contributed by atoms with Crippen molar-refractivity contribution in [3.8, 4) is 0 Å². The van der Waals surface area contributed by atoms with E-state index in [9.17, 15) is 4.79 Å². The van der Waals surface area contributed by atoms with Gasteiger partial charge in [-0.05, 0) is 19.1 Å². The summed E-state index contributed by atoms with van der Waals surface area (Å²) in [5.74, 6) is -0.238. The number of nitrogens with two attached hydrogens (primary N) is 2. The maximum Gasteiger partial charge on any atom is 0.241 e. The molecule has 0 unspecified atom stereocenters. The highest BCUT2D eigenvalue weighted by atomic mass is 35.5. The van der Waals surface area contributed by atoms with E-state index in [1.807, 2.05) is 0 Å². The van der Waals surface area contributed by atoms with Crippen molar-refractivity contribution >= 4 is 29.7 Å². The van der Waals surface area contributed by atoms with Gasteiger partial charge in [0.15, 0.2) is 0 Å². The minimum atomic E-state index is -0.528. The van der Waals surface area contributed by atoms with Crippen molar-refractivity contribution in [1.29, 1.82) is 0 Å². The van der Waals surface area contributed by atoms with Crippen molar-refractivity contribution in [1.82, 2.24) is 0 Å². The van der Waals surface area contributed by atoms with E-state index >= 15 is 0 Å². The second-order valence-electron chi connectivity index (χ2n) is 2.87. The first kappa shape index (κ1) is 12.7. The van der Waals surface area contributed by atoms with Crippen LogP contribution < -0.4 is 16.8 Å². The lowest BCUT2D eigenvalue weighted by molar-refractivity contribution is -0.117. The molecule has 0 saturated carbocycles. The summed E-state index contributed by atoms with van der Waals surface area (Å²) in [4.78, 5) is 11.2. The average molecular weight is 216 g/mol. The number of benzene rings is 1. The normalized spacial score (nSPS) is 11.3. The Balaban J connectivity index is 0.00000169. The number of hydrogen-bond donors (Lipinski definition) is 3. The van der Waals surface area contributed by atoms with Crippen molar-refractivity contribution in [3.05, 3.63) is 24.3 Å². The van der Waals surface area contributed by atoms with Gasteiger partial charge in [0, 0.05) is 0 Å². The fourth-order valence-corrected chi connectivity index (χ4v) is 0.857. The lowest BCUT2D eigenvalue weighted by atomic mass is 10.2. The Bertz CT molecular complexity index is 315. The van der Waals surface area contributed by atoms with Crippen LogP contribution in [-0.4, -0.2) is 11.9 Å². The molecule has 0 heterocycles. The number of carbonyl (C=O) groups is 1. The molecule has 0 radical (unpaired) electrons. The third-order valence-electron chi connectivity index (χ3n) is 1.63. The summed E-state index contributed by atoms with van der Waals surface area (Å²) >= 11 is 0. The molecule has 1 amide bonds. The Labute approximate surface area is 89.1 Å². The van der Waals surface area contributed by atoms with E-state index < -0.39 is 6.04 Å². The number of rotatable bonds is 2. The lowest BCUT2D eigenvalue weighted by Gasteiger charge is -2.09. The number of hydrogen-bond acceptors (Lipinski definition) is 3. The van der Waals surface area contributed by atoms with Crippen molar-refractivity contribution in [2.75, 3.05) is 11.1 Å². The molecule has 78 valence electrons. The SMILES string of the molecule is C[C@@H](N)C(=O)Nc1ccccc1N.Cl. The van der Waals surface area contributed by atoms with E-state index in [-0.39, 0.29) is 18.3 Å². The van der Waals surface area contributed by atoms with Gasteiger partial charge in [0.1, 0.15) is 0 Å². The van der Waals surface area contributed by atoms with Crippen molar-refractivity contribution in [2.24, 2.45) is 5.73 Å². The van der Waals surface area contributed by atoms with Crippen LogP contribution in [0.5, 0.6) is 0 Å². The van der Waals surface area contributed by atoms with E-state index in [4.69, 9.17) is 11.5 Å². The molecule has 4 nitrogen and oxygen atoms in total. The van der Waals surface area contributed by atoms with Crippen molar-refractivity contribution in [3.63, 3.8) is 0 Å². The molecule has 0 aromatic heterocycles. The number of carbonyl (C=O) groups excluding carboxylic acids is 1. The average Bonchev–Trinajstić information content (AvgIpc) is 2.08. The molecule has 0 aliphatic rings. The molecule has 5 heteroatoms. The van der Waals surface area contributed by atoms with Crippen molar-refractivity contribution < 1.29 is 4.79 Å². The minimum Gasteiger partial charge on any atom is -0.397 e. The quantitative estimate of drug-likeness (QED) is 0.644. The maximum atomic E-state index is 11.2. The molecule has 1 atom stereocenters. The molecule has 1 rings (SSSR count). The highest BCUT2D eigenvalue weighted by molar-refractivity contribution is 5.96. The van der Waals surface area contributed by atoms with Crippen LogP contribution in [0.2, 0.25) is 0 Å². The van der Waals surface area contributed by atoms with Crippen LogP contribution in [-0.2, 0) is 4.79 Å². The molecule has 1 aromatic carbocycles. The molecule has 14 heavy (non-hydrogen) atoms. The highest BCUT2D eigenvalue weighted by Gasteiger charge is 2.08. The van der Waals surface area contributed by atoms with E-state index in [1.165, 1.54) is 0 Å². The van der Waals surface area contributed by atoms with Crippen LogP contribution in [0.25, 0.3) is 0 Å². The third-order valence-corrected chi connectivity index (χ3v) is 1.63. The van der Waals surface area contributed by atoms with Gasteiger partial charge in [-0.3, -0.25) is 4.79 Å². The number of halogens is 1. The van der Waals surface area contributed by atoms with Crippen LogP contribution in [0.15, 0.2) is 24.3 Å².